The number of amides is 1. The van der Waals surface area contributed by atoms with Crippen LogP contribution < -0.4 is 10.1 Å². The maximum absolute atomic E-state index is 12.0. The normalized spacial score (nSPS) is 10.2. The van der Waals surface area contributed by atoms with Gasteiger partial charge >= 0.3 is 0 Å². The lowest BCUT2D eigenvalue weighted by atomic mass is 10.1. The van der Waals surface area contributed by atoms with Crippen molar-refractivity contribution < 1.29 is 9.53 Å². The number of anilines is 1. The third-order valence-corrected chi connectivity index (χ3v) is 3.11. The van der Waals surface area contributed by atoms with Gasteiger partial charge in [-0.3, -0.25) is 9.78 Å². The largest absolute Gasteiger partial charge is 0.492 e. The van der Waals surface area contributed by atoms with Crippen molar-refractivity contribution in [1.82, 2.24) is 9.97 Å². The van der Waals surface area contributed by atoms with Gasteiger partial charge < -0.3 is 10.1 Å². The maximum Gasteiger partial charge on any atom is 0.275 e. The molecule has 0 aliphatic carbocycles. The maximum atomic E-state index is 12.0. The van der Waals surface area contributed by atoms with E-state index in [0.29, 0.717) is 29.5 Å². The van der Waals surface area contributed by atoms with E-state index in [1.165, 1.54) is 18.6 Å². The minimum atomic E-state index is -0.379. The number of nitrogens with zero attached hydrogens (tertiary/aromatic N) is 3. The molecule has 0 saturated heterocycles. The van der Waals surface area contributed by atoms with E-state index in [-0.39, 0.29) is 11.6 Å². The molecule has 0 saturated carbocycles. The van der Waals surface area contributed by atoms with Crippen molar-refractivity contribution in [2.24, 2.45) is 5.92 Å². The van der Waals surface area contributed by atoms with Gasteiger partial charge in [0.25, 0.3) is 5.91 Å². The fourth-order valence-electron chi connectivity index (χ4n) is 1.84. The molecule has 0 atom stereocenters. The Morgan fingerprint density at radius 3 is 2.87 bits per heavy atom. The molecule has 6 nitrogen and oxygen atoms in total. The molecule has 23 heavy (non-hydrogen) atoms. The van der Waals surface area contributed by atoms with Crippen LogP contribution in [0.4, 0.5) is 5.69 Å². The zero-order valence-electron chi connectivity index (χ0n) is 13.1. The molecule has 0 unspecified atom stereocenters. The molecule has 0 spiro atoms. The first-order valence-electron chi connectivity index (χ1n) is 7.34. The van der Waals surface area contributed by atoms with Gasteiger partial charge in [0.05, 0.1) is 18.4 Å². The predicted octanol–water partition coefficient (Wildman–Crippen LogP) is 3.03. The van der Waals surface area contributed by atoms with Crippen LogP contribution in [-0.2, 0) is 0 Å². The lowest BCUT2D eigenvalue weighted by Crippen LogP contribution is -2.14. The van der Waals surface area contributed by atoms with Crippen LogP contribution in [0.25, 0.3) is 0 Å². The first-order valence-corrected chi connectivity index (χ1v) is 7.34. The molecule has 0 aliphatic rings. The molecule has 1 aromatic carbocycles. The summed E-state index contributed by atoms with van der Waals surface area (Å²) in [5.41, 5.74) is 1.10. The highest BCUT2D eigenvalue weighted by Gasteiger charge is 2.10. The monoisotopic (exact) mass is 310 g/mol. The molecular formula is C17H18N4O2. The number of benzene rings is 1. The van der Waals surface area contributed by atoms with Gasteiger partial charge in [-0.25, -0.2) is 4.98 Å². The van der Waals surface area contributed by atoms with Gasteiger partial charge in [-0.1, -0.05) is 13.8 Å². The Morgan fingerprint density at radius 2 is 2.22 bits per heavy atom. The Hall–Kier alpha value is -2.94. The Balaban J connectivity index is 2.07. The summed E-state index contributed by atoms with van der Waals surface area (Å²) in [6.45, 7) is 4.77. The molecule has 0 fully saturated rings. The van der Waals surface area contributed by atoms with Gasteiger partial charge in [-0.05, 0) is 30.5 Å². The quantitative estimate of drug-likeness (QED) is 0.886. The summed E-state index contributed by atoms with van der Waals surface area (Å²) in [6, 6.07) is 7.05. The van der Waals surface area contributed by atoms with Gasteiger partial charge in [0.15, 0.2) is 0 Å². The van der Waals surface area contributed by atoms with Crippen molar-refractivity contribution in [3.63, 3.8) is 0 Å². The van der Waals surface area contributed by atoms with Gasteiger partial charge in [0.1, 0.15) is 17.5 Å². The molecule has 0 aliphatic heterocycles. The van der Waals surface area contributed by atoms with Crippen LogP contribution in [0, 0.1) is 17.2 Å². The fourth-order valence-corrected chi connectivity index (χ4v) is 1.84. The molecule has 0 bridgehead atoms. The first-order chi connectivity index (χ1) is 11.1. The highest BCUT2D eigenvalue weighted by molar-refractivity contribution is 6.02. The molecule has 6 heteroatoms. The first kappa shape index (κ1) is 16.4. The SMILES string of the molecule is CC(C)CCOc1ccc(NC(=O)c2cnccn2)cc1C#N. The van der Waals surface area contributed by atoms with Crippen LogP contribution in [0.3, 0.4) is 0 Å². The summed E-state index contributed by atoms with van der Waals surface area (Å²) in [4.78, 5) is 19.8. The summed E-state index contributed by atoms with van der Waals surface area (Å²) in [6.07, 6.45) is 5.23. The predicted molar refractivity (Wildman–Crippen MR) is 86.1 cm³/mol. The number of carbonyl (C=O) groups is 1. The number of rotatable bonds is 6. The highest BCUT2D eigenvalue weighted by Crippen LogP contribution is 2.23. The van der Waals surface area contributed by atoms with Crippen LogP contribution in [-0.4, -0.2) is 22.5 Å². The van der Waals surface area contributed by atoms with Crippen molar-refractivity contribution in [3.05, 3.63) is 48.0 Å². The van der Waals surface area contributed by atoms with Crippen molar-refractivity contribution in [2.45, 2.75) is 20.3 Å². The lowest BCUT2D eigenvalue weighted by Gasteiger charge is -2.11. The molecular weight excluding hydrogens is 292 g/mol. The van der Waals surface area contributed by atoms with E-state index in [1.54, 1.807) is 18.2 Å². The second-order valence-corrected chi connectivity index (χ2v) is 5.40. The van der Waals surface area contributed by atoms with Gasteiger partial charge in [-0.2, -0.15) is 5.26 Å². The van der Waals surface area contributed by atoms with E-state index in [9.17, 15) is 10.1 Å². The van der Waals surface area contributed by atoms with E-state index < -0.39 is 0 Å². The number of hydrogen-bond donors (Lipinski definition) is 1. The molecule has 1 aromatic heterocycles. The second-order valence-electron chi connectivity index (χ2n) is 5.40. The average Bonchev–Trinajstić information content (AvgIpc) is 2.56. The van der Waals surface area contributed by atoms with Crippen LogP contribution in [0.15, 0.2) is 36.8 Å². The molecule has 1 heterocycles. The van der Waals surface area contributed by atoms with Gasteiger partial charge in [0, 0.05) is 18.1 Å². The number of carbonyl (C=O) groups excluding carboxylic acids is 1. The lowest BCUT2D eigenvalue weighted by molar-refractivity contribution is 0.102. The second kappa shape index (κ2) is 7.90. The Kier molecular flexibility index (Phi) is 5.64. The van der Waals surface area contributed by atoms with E-state index in [1.807, 2.05) is 0 Å². The Labute approximate surface area is 135 Å². The minimum Gasteiger partial charge on any atom is -0.492 e. The number of nitrogens with one attached hydrogen (secondary N) is 1. The number of hydrogen-bond acceptors (Lipinski definition) is 5. The third kappa shape index (κ3) is 4.78. The number of aromatic nitrogens is 2. The van der Waals surface area contributed by atoms with Crippen molar-refractivity contribution >= 4 is 11.6 Å². The average molecular weight is 310 g/mol. The van der Waals surface area contributed by atoms with Gasteiger partial charge in [-0.15, -0.1) is 0 Å². The van der Waals surface area contributed by atoms with Crippen LogP contribution in [0.5, 0.6) is 5.75 Å². The minimum absolute atomic E-state index is 0.211. The summed E-state index contributed by atoms with van der Waals surface area (Å²) in [5, 5.41) is 11.9. The molecule has 1 N–H and O–H groups in total. The Morgan fingerprint density at radius 1 is 1.39 bits per heavy atom. The van der Waals surface area contributed by atoms with E-state index in [4.69, 9.17) is 4.74 Å². The topological polar surface area (TPSA) is 87.9 Å². The van der Waals surface area contributed by atoms with Crippen molar-refractivity contribution in [2.75, 3.05) is 11.9 Å². The summed E-state index contributed by atoms with van der Waals surface area (Å²) >= 11 is 0. The van der Waals surface area contributed by atoms with Crippen LogP contribution in [0.2, 0.25) is 0 Å². The standard InChI is InChI=1S/C17H18N4O2/c1-12(2)5-8-23-16-4-3-14(9-13(16)10-18)21-17(22)15-11-19-6-7-20-15/h3-4,6-7,9,11-12H,5,8H2,1-2H3,(H,21,22). The highest BCUT2D eigenvalue weighted by atomic mass is 16.5. The fraction of sp³-hybridized carbons (Fsp3) is 0.294. The summed E-state index contributed by atoms with van der Waals surface area (Å²) in [5.74, 6) is 0.673. The molecule has 2 aromatic rings. The third-order valence-electron chi connectivity index (χ3n) is 3.11. The number of nitriles is 1. The van der Waals surface area contributed by atoms with E-state index >= 15 is 0 Å². The Bertz CT molecular complexity index is 708. The van der Waals surface area contributed by atoms with E-state index in [0.717, 1.165) is 6.42 Å². The van der Waals surface area contributed by atoms with Crippen molar-refractivity contribution in [3.8, 4) is 11.8 Å². The van der Waals surface area contributed by atoms with Crippen LogP contribution in [0.1, 0.15) is 36.3 Å². The van der Waals surface area contributed by atoms with Gasteiger partial charge in [0.2, 0.25) is 0 Å². The van der Waals surface area contributed by atoms with Crippen LogP contribution >= 0.6 is 0 Å². The molecule has 0 radical (unpaired) electrons. The number of ether oxygens (including phenoxy) is 1. The molecule has 118 valence electrons. The summed E-state index contributed by atoms with van der Waals surface area (Å²) in [7, 11) is 0. The molecule has 2 rings (SSSR count). The summed E-state index contributed by atoms with van der Waals surface area (Å²) < 4.78 is 5.63. The molecule has 1 amide bonds. The smallest absolute Gasteiger partial charge is 0.275 e. The van der Waals surface area contributed by atoms with E-state index in [2.05, 4.69) is 35.2 Å². The zero-order chi connectivity index (χ0) is 16.7. The van der Waals surface area contributed by atoms with Crippen molar-refractivity contribution in [1.29, 1.82) is 5.26 Å². The zero-order valence-corrected chi connectivity index (χ0v) is 13.1.